The first kappa shape index (κ1) is 16.1. The van der Waals surface area contributed by atoms with Gasteiger partial charge in [-0.1, -0.05) is 12.1 Å². The highest BCUT2D eigenvalue weighted by Gasteiger charge is 2.04. The number of benzene rings is 1. The van der Waals surface area contributed by atoms with E-state index in [4.69, 9.17) is 4.74 Å². The normalized spacial score (nSPS) is 9.75. The quantitative estimate of drug-likeness (QED) is 0.678. The zero-order chi connectivity index (χ0) is 13.8. The standard InChI is InChI=1S/C14H17N3O2.ClH/c1-17-13(8-7-12(15)14(17)18)16-9-10-3-5-11(19-2)6-4-10;/h3-8,16H,9,15H2,1-2H3;1H. The van der Waals surface area contributed by atoms with Gasteiger partial charge in [0.05, 0.1) is 7.11 Å². The van der Waals surface area contributed by atoms with Gasteiger partial charge in [-0.15, -0.1) is 0 Å². The summed E-state index contributed by atoms with van der Waals surface area (Å²) < 4.78 is 6.67. The molecule has 1 heterocycles. The number of nitrogens with zero attached hydrogens (tertiary/aromatic N) is 1. The molecule has 2 aromatic rings. The molecule has 1 aromatic heterocycles. The van der Waals surface area contributed by atoms with Crippen molar-refractivity contribution < 1.29 is 22.9 Å². The molecule has 0 atom stereocenters. The zero-order valence-electron chi connectivity index (χ0n) is 11.5. The van der Waals surface area contributed by atoms with Crippen LogP contribution in [0.15, 0.2) is 41.2 Å². The highest BCUT2D eigenvalue weighted by Crippen LogP contribution is 2.13. The molecular formula is C14H18ClN3O2. The van der Waals surface area contributed by atoms with Crippen molar-refractivity contribution in [1.82, 2.24) is 4.57 Å². The van der Waals surface area contributed by atoms with Gasteiger partial charge in [0, 0.05) is 19.7 Å². The molecule has 0 bridgehead atoms. The van der Waals surface area contributed by atoms with E-state index in [0.29, 0.717) is 12.2 Å². The summed E-state index contributed by atoms with van der Waals surface area (Å²) in [6, 6.07) is 11.4. The SMILES string of the molecule is COc1ccc(CNc2ccc([NH3+])c(=O)n2C)cc1.[Cl-]. The second-order valence-corrected chi connectivity index (χ2v) is 4.31. The van der Waals surface area contributed by atoms with E-state index in [1.54, 1.807) is 24.8 Å². The van der Waals surface area contributed by atoms with Crippen LogP contribution in [0.1, 0.15) is 5.56 Å². The fourth-order valence-electron chi connectivity index (χ4n) is 1.80. The second kappa shape index (κ2) is 6.98. The second-order valence-electron chi connectivity index (χ2n) is 4.31. The van der Waals surface area contributed by atoms with Gasteiger partial charge in [0.15, 0.2) is 5.69 Å². The third-order valence-electron chi connectivity index (χ3n) is 3.02. The molecule has 0 radical (unpaired) electrons. The topological polar surface area (TPSA) is 70.9 Å². The molecule has 1 aromatic carbocycles. The molecule has 0 saturated heterocycles. The molecule has 0 amide bonds. The van der Waals surface area contributed by atoms with Crippen molar-refractivity contribution in [3.63, 3.8) is 0 Å². The molecule has 6 heteroatoms. The van der Waals surface area contributed by atoms with Crippen LogP contribution in [0, 0.1) is 0 Å². The number of rotatable bonds is 4. The first-order valence-corrected chi connectivity index (χ1v) is 6.00. The lowest BCUT2D eigenvalue weighted by Gasteiger charge is -2.11. The summed E-state index contributed by atoms with van der Waals surface area (Å²) in [6.45, 7) is 0.647. The fraction of sp³-hybridized carbons (Fsp3) is 0.214. The summed E-state index contributed by atoms with van der Waals surface area (Å²) in [6.07, 6.45) is 0. The summed E-state index contributed by atoms with van der Waals surface area (Å²) in [5.41, 5.74) is 5.22. The Bertz CT molecular complexity index is 623. The zero-order valence-corrected chi connectivity index (χ0v) is 12.3. The predicted octanol–water partition coefficient (Wildman–Crippen LogP) is -2.12. The average Bonchev–Trinajstić information content (AvgIpc) is 2.45. The minimum Gasteiger partial charge on any atom is -1.00 e. The number of hydrogen-bond acceptors (Lipinski definition) is 3. The van der Waals surface area contributed by atoms with Crippen LogP contribution in [-0.4, -0.2) is 11.7 Å². The molecule has 0 unspecified atom stereocenters. The number of nitrogens with one attached hydrogen (secondary N) is 1. The Labute approximate surface area is 123 Å². The monoisotopic (exact) mass is 295 g/mol. The molecule has 5 nitrogen and oxygen atoms in total. The lowest BCUT2D eigenvalue weighted by atomic mass is 10.2. The van der Waals surface area contributed by atoms with E-state index in [1.807, 2.05) is 30.3 Å². The molecule has 0 aliphatic carbocycles. The molecule has 4 N–H and O–H groups in total. The van der Waals surface area contributed by atoms with Crippen LogP contribution in [0.3, 0.4) is 0 Å². The first-order chi connectivity index (χ1) is 9.11. The molecule has 0 aliphatic heterocycles. The van der Waals surface area contributed by atoms with Crippen molar-refractivity contribution in [1.29, 1.82) is 0 Å². The van der Waals surface area contributed by atoms with Gasteiger partial charge in [0.25, 0.3) is 0 Å². The van der Waals surface area contributed by atoms with E-state index in [-0.39, 0.29) is 18.0 Å². The largest absolute Gasteiger partial charge is 1.00 e. The maximum atomic E-state index is 11.7. The van der Waals surface area contributed by atoms with E-state index in [0.717, 1.165) is 17.1 Å². The number of methoxy groups -OCH3 is 1. The summed E-state index contributed by atoms with van der Waals surface area (Å²) in [4.78, 5) is 11.7. The molecule has 0 saturated carbocycles. The smallest absolute Gasteiger partial charge is 0.312 e. The van der Waals surface area contributed by atoms with E-state index in [1.165, 1.54) is 0 Å². The van der Waals surface area contributed by atoms with Gasteiger partial charge in [-0.25, -0.2) is 0 Å². The Balaban J connectivity index is 0.00000200. The van der Waals surface area contributed by atoms with Crippen LogP contribution in [0.25, 0.3) is 0 Å². The Hall–Kier alpha value is -1.98. The predicted molar refractivity (Wildman–Crippen MR) is 74.6 cm³/mol. The Kier molecular flexibility index (Phi) is 5.61. The lowest BCUT2D eigenvalue weighted by Crippen LogP contribution is -3.00. The van der Waals surface area contributed by atoms with Crippen LogP contribution >= 0.6 is 0 Å². The van der Waals surface area contributed by atoms with Crippen molar-refractivity contribution >= 4 is 11.5 Å². The summed E-state index contributed by atoms with van der Waals surface area (Å²) in [7, 11) is 3.37. The summed E-state index contributed by atoms with van der Waals surface area (Å²) >= 11 is 0. The lowest BCUT2D eigenvalue weighted by molar-refractivity contribution is -0.257. The summed E-state index contributed by atoms with van der Waals surface area (Å²) in [5.74, 6) is 1.60. The van der Waals surface area contributed by atoms with Crippen LogP contribution in [0.4, 0.5) is 11.5 Å². The highest BCUT2D eigenvalue weighted by atomic mass is 35.5. The number of pyridine rings is 1. The number of ether oxygens (including phenoxy) is 1. The van der Waals surface area contributed by atoms with Gasteiger partial charge >= 0.3 is 5.56 Å². The molecule has 2 rings (SSSR count). The molecule has 0 spiro atoms. The van der Waals surface area contributed by atoms with Crippen molar-refractivity contribution in [3.05, 3.63) is 52.3 Å². The molecule has 108 valence electrons. The van der Waals surface area contributed by atoms with Gasteiger partial charge in [0.1, 0.15) is 11.6 Å². The van der Waals surface area contributed by atoms with Crippen LogP contribution < -0.4 is 33.8 Å². The maximum Gasteiger partial charge on any atom is 0.312 e. The van der Waals surface area contributed by atoms with Gasteiger partial charge in [-0.2, -0.15) is 0 Å². The molecule has 0 fully saturated rings. The van der Waals surface area contributed by atoms with Crippen molar-refractivity contribution in [2.45, 2.75) is 6.54 Å². The van der Waals surface area contributed by atoms with E-state index in [2.05, 4.69) is 11.1 Å². The Morgan fingerprint density at radius 1 is 1.20 bits per heavy atom. The Morgan fingerprint density at radius 2 is 1.85 bits per heavy atom. The maximum absolute atomic E-state index is 11.7. The van der Waals surface area contributed by atoms with Gasteiger partial charge < -0.3 is 28.2 Å². The van der Waals surface area contributed by atoms with Gasteiger partial charge in [-0.05, 0) is 23.8 Å². The minimum absolute atomic E-state index is 0. The average molecular weight is 296 g/mol. The van der Waals surface area contributed by atoms with Crippen molar-refractivity contribution in [2.75, 3.05) is 12.4 Å². The minimum atomic E-state index is -0.0836. The van der Waals surface area contributed by atoms with Crippen molar-refractivity contribution in [2.24, 2.45) is 7.05 Å². The number of anilines is 1. The van der Waals surface area contributed by atoms with E-state index >= 15 is 0 Å². The van der Waals surface area contributed by atoms with Crippen LogP contribution in [-0.2, 0) is 13.6 Å². The molecule has 0 aliphatic rings. The van der Waals surface area contributed by atoms with Crippen LogP contribution in [0.2, 0.25) is 0 Å². The van der Waals surface area contributed by atoms with Gasteiger partial charge in [0.2, 0.25) is 0 Å². The number of halogens is 1. The first-order valence-electron chi connectivity index (χ1n) is 6.00. The third kappa shape index (κ3) is 3.53. The number of quaternary nitrogens is 1. The van der Waals surface area contributed by atoms with E-state index < -0.39 is 0 Å². The third-order valence-corrected chi connectivity index (χ3v) is 3.02. The van der Waals surface area contributed by atoms with Crippen LogP contribution in [0.5, 0.6) is 5.75 Å². The Morgan fingerprint density at radius 3 is 2.45 bits per heavy atom. The highest BCUT2D eigenvalue weighted by molar-refractivity contribution is 5.42. The van der Waals surface area contributed by atoms with E-state index in [9.17, 15) is 4.79 Å². The van der Waals surface area contributed by atoms with Gasteiger partial charge in [-0.3, -0.25) is 9.36 Å². The molecule has 20 heavy (non-hydrogen) atoms. The molecular weight excluding hydrogens is 278 g/mol. The fourth-order valence-corrected chi connectivity index (χ4v) is 1.80. The van der Waals surface area contributed by atoms with Crippen molar-refractivity contribution in [3.8, 4) is 5.75 Å². The summed E-state index contributed by atoms with van der Waals surface area (Å²) in [5, 5.41) is 3.23. The number of aromatic nitrogens is 1. The number of hydrogen-bond donors (Lipinski definition) is 2.